The number of hydrogen-bond acceptors (Lipinski definition) is 0. The third-order valence-corrected chi connectivity index (χ3v) is 7.24. The van der Waals surface area contributed by atoms with Crippen LogP contribution in [0.1, 0.15) is 37.5 Å². The van der Waals surface area contributed by atoms with Crippen LogP contribution >= 0.6 is 17.0 Å². The molecule has 0 saturated carbocycles. The molecule has 43 heavy (non-hydrogen) atoms. The van der Waals surface area contributed by atoms with Gasteiger partial charge in [0.15, 0.2) is 0 Å². The molecule has 216 valence electrons. The Morgan fingerprint density at radius 3 is 2.07 bits per heavy atom. The second-order valence-corrected chi connectivity index (χ2v) is 16.6. The van der Waals surface area contributed by atoms with Crippen LogP contribution in [0, 0.1) is 11.5 Å². The molecule has 0 amide bonds. The van der Waals surface area contributed by atoms with E-state index in [2.05, 4.69) is 149 Å². The monoisotopic (exact) mass is 694 g/mol. The first kappa shape index (κ1) is 33.5. The third kappa shape index (κ3) is 8.86. The van der Waals surface area contributed by atoms with E-state index in [9.17, 15) is 0 Å². The average Bonchev–Trinajstić information content (AvgIpc) is 3.58. The van der Waals surface area contributed by atoms with E-state index < -0.39 is 20.8 Å². The Kier molecular flexibility index (Phi) is 12.6. The zero-order chi connectivity index (χ0) is 30.8. The minimum absolute atomic E-state index is 0.310. The van der Waals surface area contributed by atoms with Gasteiger partial charge >= 0.3 is 37.9 Å². The molecule has 6 aromatic carbocycles. The van der Waals surface area contributed by atoms with Crippen LogP contribution in [0.5, 0.6) is 0 Å². The van der Waals surface area contributed by atoms with E-state index in [0.717, 1.165) is 22.4 Å². The fraction of sp³-hybridized carbons (Fsp3) is 0.205. The van der Waals surface area contributed by atoms with Crippen molar-refractivity contribution >= 4 is 48.1 Å². The Hall–Kier alpha value is -2.35. The summed E-state index contributed by atoms with van der Waals surface area (Å²) in [5, 5.41) is 5.34. The second-order valence-electron chi connectivity index (χ2n) is 11.9. The molecule has 0 heterocycles. The number of halogens is 2. The van der Waals surface area contributed by atoms with Gasteiger partial charge in [0.1, 0.15) is 0 Å². The minimum Gasteiger partial charge on any atom is -0.179 e. The average molecular weight is 697 g/mol. The molecule has 0 saturated heterocycles. The van der Waals surface area contributed by atoms with Crippen LogP contribution in [0.4, 0.5) is 0 Å². The summed E-state index contributed by atoms with van der Waals surface area (Å²) in [4.78, 5) is 0. The first-order chi connectivity index (χ1) is 20.8. The molecule has 1 aliphatic carbocycles. The number of benzene rings is 5. The second kappa shape index (κ2) is 16.1. The van der Waals surface area contributed by atoms with Crippen molar-refractivity contribution in [3.8, 4) is 22.3 Å². The summed E-state index contributed by atoms with van der Waals surface area (Å²) in [7, 11) is 11.0. The van der Waals surface area contributed by atoms with E-state index in [1.54, 1.807) is 0 Å². The predicted molar refractivity (Wildman–Crippen MR) is 188 cm³/mol. The Bertz CT molecular complexity index is 1710. The summed E-state index contributed by atoms with van der Waals surface area (Å²) in [5.41, 5.74) is 9.92. The van der Waals surface area contributed by atoms with Gasteiger partial charge in [0, 0.05) is 9.52 Å². The normalized spacial score (nSPS) is 11.1. The largest absolute Gasteiger partial charge is 0.179 e. The number of fused-ring (bicyclic) bond motifs is 5. The predicted octanol–water partition coefficient (Wildman–Crippen LogP) is 12.2. The van der Waals surface area contributed by atoms with Crippen LogP contribution < -0.4 is 0 Å². The molecule has 0 aromatic heterocycles. The van der Waals surface area contributed by atoms with Crippen LogP contribution in [0.2, 0.25) is 13.1 Å². The maximum atomic E-state index is 4.93. The Balaban J connectivity index is 0.000000186. The standard InChI is InChI=1S/C24H23.C13H9.C2H6Si.2ClH.Zr/c1-24(2,3)16-17-14-19-10-7-13-22(23(19)15-17)21-12-6-9-18-8-4-5-11-20(18)21;1-3-7-12-10(5-1)9-11-6-2-4-8-13(11)12;1-3-2;;;/h4-15H,16H2,1-3H3;1-5,7-8H,9H2;1-2H3;2*1H;/q2*-1;;;;+4/p-2. The van der Waals surface area contributed by atoms with Gasteiger partial charge in [0.05, 0.1) is 0 Å². The van der Waals surface area contributed by atoms with Crippen LogP contribution in [0.25, 0.3) is 43.8 Å². The van der Waals surface area contributed by atoms with E-state index in [4.69, 9.17) is 17.0 Å². The molecule has 0 nitrogen and oxygen atoms in total. The van der Waals surface area contributed by atoms with Crippen LogP contribution in [-0.2, 0) is 33.7 Å². The van der Waals surface area contributed by atoms with Crippen LogP contribution in [-0.4, -0.2) is 9.52 Å². The van der Waals surface area contributed by atoms with Gasteiger partial charge in [-0.1, -0.05) is 123 Å². The zero-order valence-corrected chi connectivity index (χ0v) is 30.6. The molecule has 0 unspecified atom stereocenters. The summed E-state index contributed by atoms with van der Waals surface area (Å²) in [6, 6.07) is 44.8. The van der Waals surface area contributed by atoms with Gasteiger partial charge in [-0.3, -0.25) is 0 Å². The van der Waals surface area contributed by atoms with Crippen LogP contribution in [0.15, 0.2) is 115 Å². The first-order valence-electron chi connectivity index (χ1n) is 14.6. The van der Waals surface area contributed by atoms with E-state index in [0.29, 0.717) is 5.41 Å². The molecule has 0 spiro atoms. The van der Waals surface area contributed by atoms with Crippen molar-refractivity contribution in [3.63, 3.8) is 0 Å². The summed E-state index contributed by atoms with van der Waals surface area (Å²) in [5.74, 6) is 0. The van der Waals surface area contributed by atoms with Gasteiger partial charge in [0.2, 0.25) is 0 Å². The maximum absolute atomic E-state index is 4.93. The topological polar surface area (TPSA) is 0 Å². The SMILES string of the molecule is CC(C)(C)Cc1cc2c(-c3cccc4ccccc34)cccc2[cH-]1.C[Si]C.[Cl][Zr+2][Cl].[c-]1cccc2c1Cc1ccccc1-2. The van der Waals surface area contributed by atoms with E-state index in [1.165, 1.54) is 60.5 Å². The van der Waals surface area contributed by atoms with Gasteiger partial charge in [0.25, 0.3) is 0 Å². The molecule has 4 heteroatoms. The molecule has 0 N–H and O–H groups in total. The maximum Gasteiger partial charge on any atom is -0.0253 e. The van der Waals surface area contributed by atoms with E-state index in [-0.39, 0.29) is 0 Å². The Morgan fingerprint density at radius 1 is 0.744 bits per heavy atom. The van der Waals surface area contributed by atoms with Crippen molar-refractivity contribution in [3.05, 3.63) is 138 Å². The van der Waals surface area contributed by atoms with Crippen molar-refractivity contribution < 1.29 is 20.8 Å². The van der Waals surface area contributed by atoms with Crippen molar-refractivity contribution in [2.45, 2.75) is 46.7 Å². The summed E-state index contributed by atoms with van der Waals surface area (Å²) >= 11 is -0.826. The molecule has 0 atom stereocenters. The van der Waals surface area contributed by atoms with Gasteiger partial charge < -0.3 is 0 Å². The molecule has 0 aliphatic heterocycles. The van der Waals surface area contributed by atoms with Crippen LogP contribution in [0.3, 0.4) is 0 Å². The van der Waals surface area contributed by atoms with Gasteiger partial charge in [-0.2, -0.15) is 35.9 Å². The van der Waals surface area contributed by atoms with Crippen molar-refractivity contribution in [2.75, 3.05) is 0 Å². The van der Waals surface area contributed by atoms with Crippen molar-refractivity contribution in [2.24, 2.45) is 5.41 Å². The Labute approximate surface area is 279 Å². The fourth-order valence-electron chi connectivity index (χ4n) is 5.70. The van der Waals surface area contributed by atoms with Crippen molar-refractivity contribution in [1.82, 2.24) is 0 Å². The summed E-state index contributed by atoms with van der Waals surface area (Å²) < 4.78 is 0. The molecule has 0 fully saturated rings. The Morgan fingerprint density at radius 2 is 1.33 bits per heavy atom. The molecule has 0 bridgehead atoms. The number of rotatable bonds is 2. The molecule has 7 rings (SSSR count). The minimum atomic E-state index is -0.826. The van der Waals surface area contributed by atoms with E-state index in [1.807, 2.05) is 6.07 Å². The number of hydrogen-bond donors (Lipinski definition) is 0. The summed E-state index contributed by atoms with van der Waals surface area (Å²) in [6.45, 7) is 11.2. The van der Waals surface area contributed by atoms with Crippen molar-refractivity contribution in [1.29, 1.82) is 0 Å². The zero-order valence-electron chi connectivity index (χ0n) is 25.6. The molecular formula is C39H38Cl2SiZr. The molecule has 6 aromatic rings. The molecule has 2 radical (unpaired) electrons. The first-order valence-corrected chi connectivity index (χ1v) is 22.9. The third-order valence-electron chi connectivity index (χ3n) is 7.24. The van der Waals surface area contributed by atoms with Gasteiger partial charge in [-0.25, -0.2) is 0 Å². The fourth-order valence-corrected chi connectivity index (χ4v) is 5.70. The quantitative estimate of drug-likeness (QED) is 0.125. The molecule has 1 aliphatic rings. The van der Waals surface area contributed by atoms with Gasteiger partial charge in [-0.05, 0) is 34.6 Å². The van der Waals surface area contributed by atoms with Gasteiger partial charge in [-0.15, -0.1) is 40.1 Å². The molecular weight excluding hydrogens is 659 g/mol. The van der Waals surface area contributed by atoms with E-state index >= 15 is 0 Å². The summed E-state index contributed by atoms with van der Waals surface area (Å²) in [6.07, 6.45) is 2.16. The smallest absolute Gasteiger partial charge is 0.0253 e.